The smallest absolute Gasteiger partial charge is 0.341 e. The Bertz CT molecular complexity index is 658. The molecule has 0 saturated heterocycles. The lowest BCUT2D eigenvalue weighted by molar-refractivity contribution is 0.0525. The number of halogens is 1. The Morgan fingerprint density at radius 1 is 1.52 bits per heavy atom. The van der Waals surface area contributed by atoms with Gasteiger partial charge in [-0.1, -0.05) is 0 Å². The first kappa shape index (κ1) is 15.4. The fraction of sp³-hybridized carbons (Fsp3) is 0.286. The molecule has 0 aliphatic heterocycles. The van der Waals surface area contributed by atoms with Crippen molar-refractivity contribution >= 4 is 23.4 Å². The van der Waals surface area contributed by atoms with Crippen LogP contribution in [0.2, 0.25) is 0 Å². The predicted molar refractivity (Wildman–Crippen MR) is 79.5 cm³/mol. The molecule has 0 aliphatic carbocycles. The lowest BCUT2D eigenvalue weighted by Crippen LogP contribution is -2.08. The summed E-state index contributed by atoms with van der Waals surface area (Å²) in [6, 6.07) is 4.25. The van der Waals surface area contributed by atoms with E-state index in [0.717, 1.165) is 10.6 Å². The van der Waals surface area contributed by atoms with Crippen LogP contribution in [0, 0.1) is 5.82 Å². The summed E-state index contributed by atoms with van der Waals surface area (Å²) in [6.45, 7) is 2.06. The Morgan fingerprint density at radius 3 is 2.95 bits per heavy atom. The molecular weight excluding hydrogens is 293 g/mol. The maximum absolute atomic E-state index is 13.0. The second-order valence-corrected chi connectivity index (χ2v) is 5.34. The van der Waals surface area contributed by atoms with Gasteiger partial charge in [-0.15, -0.1) is 11.8 Å². The van der Waals surface area contributed by atoms with Crippen LogP contribution in [0.3, 0.4) is 0 Å². The van der Waals surface area contributed by atoms with Crippen molar-refractivity contribution in [3.8, 4) is 0 Å². The van der Waals surface area contributed by atoms with E-state index in [9.17, 15) is 9.18 Å². The van der Waals surface area contributed by atoms with Crippen LogP contribution >= 0.6 is 11.8 Å². The van der Waals surface area contributed by atoms with Gasteiger partial charge in [0.15, 0.2) is 0 Å². The number of hydrogen-bond donors (Lipinski definition) is 1. The van der Waals surface area contributed by atoms with E-state index in [0.29, 0.717) is 23.6 Å². The fourth-order valence-corrected chi connectivity index (χ4v) is 2.83. The van der Waals surface area contributed by atoms with Gasteiger partial charge in [0, 0.05) is 23.4 Å². The number of thioether (sulfide) groups is 1. The number of carbonyl (C=O) groups excluding carboxylic acids is 1. The topological polar surface area (TPSA) is 70.1 Å². The fourth-order valence-electron chi connectivity index (χ4n) is 1.81. The zero-order valence-electron chi connectivity index (χ0n) is 11.8. The average molecular weight is 309 g/mol. The first-order valence-electron chi connectivity index (χ1n) is 6.38. The highest BCUT2D eigenvalue weighted by Crippen LogP contribution is 2.29. The van der Waals surface area contributed by atoms with E-state index in [1.807, 2.05) is 0 Å². The van der Waals surface area contributed by atoms with Crippen molar-refractivity contribution in [2.75, 3.05) is 12.3 Å². The molecule has 112 valence electrons. The molecule has 0 atom stereocenters. The van der Waals surface area contributed by atoms with Gasteiger partial charge in [0.1, 0.15) is 11.4 Å². The first-order chi connectivity index (χ1) is 10.0. The Labute approximate surface area is 126 Å². The number of ether oxygens (including phenoxy) is 1. The highest BCUT2D eigenvalue weighted by atomic mass is 32.2. The number of rotatable bonds is 5. The summed E-state index contributed by atoms with van der Waals surface area (Å²) in [6.07, 6.45) is 1.49. The van der Waals surface area contributed by atoms with E-state index in [-0.39, 0.29) is 5.82 Å². The van der Waals surface area contributed by atoms with E-state index in [2.05, 4.69) is 5.10 Å². The molecule has 5 nitrogen and oxygen atoms in total. The molecule has 0 amide bonds. The highest BCUT2D eigenvalue weighted by Gasteiger charge is 2.17. The third-order valence-electron chi connectivity index (χ3n) is 2.89. The van der Waals surface area contributed by atoms with E-state index >= 15 is 0 Å². The van der Waals surface area contributed by atoms with Crippen LogP contribution in [0.1, 0.15) is 23.0 Å². The molecule has 2 rings (SSSR count). The van der Waals surface area contributed by atoms with E-state index in [1.165, 1.54) is 30.1 Å². The second-order valence-electron chi connectivity index (χ2n) is 4.32. The summed E-state index contributed by atoms with van der Waals surface area (Å²) in [7, 11) is 1.76. The summed E-state index contributed by atoms with van der Waals surface area (Å²) in [4.78, 5) is 12.6. The molecule has 7 heteroatoms. The summed E-state index contributed by atoms with van der Waals surface area (Å²) >= 11 is 1.42. The SMILES string of the molecule is CCOC(=O)c1cnn(C)c1CSc1ccc(F)cc1N. The normalized spacial score (nSPS) is 10.6. The average Bonchev–Trinajstić information content (AvgIpc) is 2.79. The number of nitrogen functional groups attached to an aromatic ring is 1. The van der Waals surface area contributed by atoms with Crippen molar-refractivity contribution in [3.63, 3.8) is 0 Å². The summed E-state index contributed by atoms with van der Waals surface area (Å²) < 4.78 is 19.6. The van der Waals surface area contributed by atoms with Gasteiger partial charge < -0.3 is 10.5 Å². The number of benzene rings is 1. The number of anilines is 1. The maximum atomic E-state index is 13.0. The minimum atomic E-state index is -0.395. The molecule has 0 fully saturated rings. The number of nitrogens with zero attached hydrogens (tertiary/aromatic N) is 2. The first-order valence-corrected chi connectivity index (χ1v) is 7.37. The Kier molecular flexibility index (Phi) is 4.85. The van der Waals surface area contributed by atoms with E-state index < -0.39 is 5.97 Å². The van der Waals surface area contributed by atoms with Crippen molar-refractivity contribution in [1.82, 2.24) is 9.78 Å². The van der Waals surface area contributed by atoms with Crippen LogP contribution < -0.4 is 5.73 Å². The monoisotopic (exact) mass is 309 g/mol. The van der Waals surface area contributed by atoms with Gasteiger partial charge in [-0.25, -0.2) is 9.18 Å². The van der Waals surface area contributed by atoms with Crippen molar-refractivity contribution in [1.29, 1.82) is 0 Å². The molecule has 0 bridgehead atoms. The predicted octanol–water partition coefficient (Wildman–Crippen LogP) is 2.61. The van der Waals surface area contributed by atoms with Crippen molar-refractivity contribution in [2.24, 2.45) is 7.05 Å². The van der Waals surface area contributed by atoms with Gasteiger partial charge >= 0.3 is 5.97 Å². The summed E-state index contributed by atoms with van der Waals surface area (Å²) in [5, 5.41) is 4.08. The molecule has 0 unspecified atom stereocenters. The lowest BCUT2D eigenvalue weighted by Gasteiger charge is -2.08. The minimum Gasteiger partial charge on any atom is -0.462 e. The van der Waals surface area contributed by atoms with Gasteiger partial charge in [0.2, 0.25) is 0 Å². The van der Waals surface area contributed by atoms with Gasteiger partial charge in [-0.05, 0) is 25.1 Å². The van der Waals surface area contributed by atoms with Crippen molar-refractivity contribution in [3.05, 3.63) is 41.5 Å². The molecule has 2 N–H and O–H groups in total. The van der Waals surface area contributed by atoms with Gasteiger partial charge in [0.25, 0.3) is 0 Å². The molecule has 1 aromatic heterocycles. The molecule has 2 aromatic rings. The van der Waals surface area contributed by atoms with Crippen molar-refractivity contribution < 1.29 is 13.9 Å². The van der Waals surface area contributed by atoms with Crippen molar-refractivity contribution in [2.45, 2.75) is 17.6 Å². The van der Waals surface area contributed by atoms with Crippen LogP contribution in [0.15, 0.2) is 29.3 Å². The van der Waals surface area contributed by atoms with Crippen LogP contribution in [0.4, 0.5) is 10.1 Å². The molecule has 0 spiro atoms. The molecular formula is C14H16FN3O2S. The quantitative estimate of drug-likeness (QED) is 0.522. The lowest BCUT2D eigenvalue weighted by atomic mass is 10.3. The zero-order chi connectivity index (χ0) is 15.4. The van der Waals surface area contributed by atoms with Crippen LogP contribution in [0.5, 0.6) is 0 Å². The van der Waals surface area contributed by atoms with Crippen LogP contribution in [-0.4, -0.2) is 22.4 Å². The van der Waals surface area contributed by atoms with Gasteiger partial charge in [-0.2, -0.15) is 5.10 Å². The number of aryl methyl sites for hydroxylation is 1. The Hall–Kier alpha value is -2.02. The number of carbonyl (C=O) groups is 1. The van der Waals surface area contributed by atoms with Crippen LogP contribution in [-0.2, 0) is 17.5 Å². The number of nitrogens with two attached hydrogens (primary N) is 1. The Morgan fingerprint density at radius 2 is 2.29 bits per heavy atom. The molecule has 0 radical (unpaired) electrons. The van der Waals surface area contributed by atoms with Crippen LogP contribution in [0.25, 0.3) is 0 Å². The second kappa shape index (κ2) is 6.62. The Balaban J connectivity index is 2.16. The van der Waals surface area contributed by atoms with Gasteiger partial charge in [-0.3, -0.25) is 4.68 Å². The van der Waals surface area contributed by atoms with E-state index in [4.69, 9.17) is 10.5 Å². The molecule has 1 aromatic carbocycles. The number of aromatic nitrogens is 2. The molecule has 21 heavy (non-hydrogen) atoms. The third kappa shape index (κ3) is 3.55. The largest absolute Gasteiger partial charge is 0.462 e. The summed E-state index contributed by atoms with van der Waals surface area (Å²) in [5.41, 5.74) is 7.32. The maximum Gasteiger partial charge on any atom is 0.341 e. The third-order valence-corrected chi connectivity index (χ3v) is 3.99. The van der Waals surface area contributed by atoms with E-state index in [1.54, 1.807) is 24.7 Å². The highest BCUT2D eigenvalue weighted by molar-refractivity contribution is 7.98. The van der Waals surface area contributed by atoms with Gasteiger partial charge in [0.05, 0.1) is 18.5 Å². The standard InChI is InChI=1S/C14H16FN3O2S/c1-3-20-14(19)10-7-17-18(2)12(10)8-21-13-5-4-9(15)6-11(13)16/h4-7H,3,8,16H2,1-2H3. The molecule has 0 aliphatic rings. The number of hydrogen-bond acceptors (Lipinski definition) is 5. The zero-order valence-corrected chi connectivity index (χ0v) is 12.6. The molecule has 0 saturated carbocycles. The minimum absolute atomic E-state index is 0.311. The summed E-state index contributed by atoms with van der Waals surface area (Å²) in [5.74, 6) is -0.279. The number of esters is 1. The molecule has 1 heterocycles.